The summed E-state index contributed by atoms with van der Waals surface area (Å²) in [6.07, 6.45) is 1.32. The van der Waals surface area contributed by atoms with E-state index in [1.54, 1.807) is 0 Å². The molecule has 100 valence electrons. The Morgan fingerprint density at radius 1 is 1.39 bits per heavy atom. The van der Waals surface area contributed by atoms with Gasteiger partial charge in [-0.2, -0.15) is 0 Å². The number of hydrogen-bond donors (Lipinski definition) is 2. The Morgan fingerprint density at radius 3 is 2.89 bits per heavy atom. The SMILES string of the molecule is Cc1ccc(C(C)C)cc1CNCC1CCNC1. The van der Waals surface area contributed by atoms with Crippen LogP contribution in [0.1, 0.15) is 42.9 Å². The third kappa shape index (κ3) is 3.56. The zero-order chi connectivity index (χ0) is 13.0. The van der Waals surface area contributed by atoms with Crippen LogP contribution in [0.2, 0.25) is 0 Å². The molecule has 0 aromatic heterocycles. The van der Waals surface area contributed by atoms with Gasteiger partial charge in [-0.1, -0.05) is 32.0 Å². The quantitative estimate of drug-likeness (QED) is 0.835. The minimum atomic E-state index is 0.614. The number of benzene rings is 1. The van der Waals surface area contributed by atoms with Crippen LogP contribution in [0.3, 0.4) is 0 Å². The Hall–Kier alpha value is -0.860. The number of aryl methyl sites for hydroxylation is 1. The van der Waals surface area contributed by atoms with Gasteiger partial charge in [0.15, 0.2) is 0 Å². The summed E-state index contributed by atoms with van der Waals surface area (Å²) >= 11 is 0. The fourth-order valence-electron chi connectivity index (χ4n) is 2.54. The van der Waals surface area contributed by atoms with Crippen molar-refractivity contribution in [3.63, 3.8) is 0 Å². The summed E-state index contributed by atoms with van der Waals surface area (Å²) in [5, 5.41) is 7.03. The second-order valence-electron chi connectivity index (χ2n) is 5.83. The third-order valence-electron chi connectivity index (χ3n) is 3.95. The molecule has 0 saturated carbocycles. The van der Waals surface area contributed by atoms with Crippen LogP contribution < -0.4 is 10.6 Å². The molecule has 2 nitrogen and oxygen atoms in total. The lowest BCUT2D eigenvalue weighted by molar-refractivity contribution is 0.512. The lowest BCUT2D eigenvalue weighted by Crippen LogP contribution is -2.24. The lowest BCUT2D eigenvalue weighted by atomic mass is 9.98. The Morgan fingerprint density at radius 2 is 2.22 bits per heavy atom. The average Bonchev–Trinajstić information content (AvgIpc) is 2.84. The minimum Gasteiger partial charge on any atom is -0.316 e. The highest BCUT2D eigenvalue weighted by molar-refractivity contribution is 5.32. The van der Waals surface area contributed by atoms with Crippen molar-refractivity contribution in [1.29, 1.82) is 0 Å². The smallest absolute Gasteiger partial charge is 0.0208 e. The molecular weight excluding hydrogens is 220 g/mol. The molecule has 2 heteroatoms. The summed E-state index contributed by atoms with van der Waals surface area (Å²) in [6.45, 7) is 11.2. The first-order chi connectivity index (χ1) is 8.66. The summed E-state index contributed by atoms with van der Waals surface area (Å²) in [7, 11) is 0. The van der Waals surface area contributed by atoms with Crippen LogP contribution in [0.25, 0.3) is 0 Å². The van der Waals surface area contributed by atoms with Gasteiger partial charge in [-0.3, -0.25) is 0 Å². The predicted molar refractivity (Wildman–Crippen MR) is 78.0 cm³/mol. The average molecular weight is 246 g/mol. The van der Waals surface area contributed by atoms with Gasteiger partial charge in [-0.15, -0.1) is 0 Å². The third-order valence-corrected chi connectivity index (χ3v) is 3.95. The second kappa shape index (κ2) is 6.35. The van der Waals surface area contributed by atoms with Gasteiger partial charge in [0.1, 0.15) is 0 Å². The fourth-order valence-corrected chi connectivity index (χ4v) is 2.54. The Kier molecular flexibility index (Phi) is 4.79. The van der Waals surface area contributed by atoms with E-state index in [9.17, 15) is 0 Å². The van der Waals surface area contributed by atoms with E-state index in [0.717, 1.165) is 19.0 Å². The zero-order valence-corrected chi connectivity index (χ0v) is 11.9. The predicted octanol–water partition coefficient (Wildman–Crippen LogP) is 2.82. The van der Waals surface area contributed by atoms with E-state index in [-0.39, 0.29) is 0 Å². The zero-order valence-electron chi connectivity index (χ0n) is 11.9. The molecule has 2 N–H and O–H groups in total. The Balaban J connectivity index is 1.89. The van der Waals surface area contributed by atoms with Gasteiger partial charge in [-0.25, -0.2) is 0 Å². The van der Waals surface area contributed by atoms with Crippen molar-refractivity contribution in [2.45, 2.75) is 39.7 Å². The van der Waals surface area contributed by atoms with Crippen molar-refractivity contribution in [2.75, 3.05) is 19.6 Å². The maximum Gasteiger partial charge on any atom is 0.0208 e. The van der Waals surface area contributed by atoms with Crippen molar-refractivity contribution in [2.24, 2.45) is 5.92 Å². The van der Waals surface area contributed by atoms with E-state index in [1.807, 2.05) is 0 Å². The largest absolute Gasteiger partial charge is 0.316 e. The molecule has 18 heavy (non-hydrogen) atoms. The molecule has 0 aliphatic carbocycles. The lowest BCUT2D eigenvalue weighted by Gasteiger charge is -2.14. The first-order valence-corrected chi connectivity index (χ1v) is 7.17. The maximum absolute atomic E-state index is 3.61. The van der Waals surface area contributed by atoms with Crippen LogP contribution in [-0.4, -0.2) is 19.6 Å². The van der Waals surface area contributed by atoms with Crippen molar-refractivity contribution in [3.05, 3.63) is 34.9 Å². The molecule has 0 spiro atoms. The molecule has 0 bridgehead atoms. The topological polar surface area (TPSA) is 24.1 Å². The van der Waals surface area contributed by atoms with Gasteiger partial charge in [0.2, 0.25) is 0 Å². The summed E-state index contributed by atoms with van der Waals surface area (Å²) in [6, 6.07) is 6.87. The molecular formula is C16H26N2. The highest BCUT2D eigenvalue weighted by Crippen LogP contribution is 2.18. The highest BCUT2D eigenvalue weighted by atomic mass is 14.9. The molecule has 1 heterocycles. The Labute approximate surface area is 111 Å². The molecule has 1 atom stereocenters. The molecule has 2 rings (SSSR count). The number of nitrogens with one attached hydrogen (secondary N) is 2. The normalized spacial score (nSPS) is 19.7. The fraction of sp³-hybridized carbons (Fsp3) is 0.625. The summed E-state index contributed by atoms with van der Waals surface area (Å²) in [5.74, 6) is 1.43. The van der Waals surface area contributed by atoms with Crippen LogP contribution in [0.15, 0.2) is 18.2 Å². The number of hydrogen-bond acceptors (Lipinski definition) is 2. The highest BCUT2D eigenvalue weighted by Gasteiger charge is 2.13. The van der Waals surface area contributed by atoms with E-state index in [4.69, 9.17) is 0 Å². The van der Waals surface area contributed by atoms with Crippen molar-refractivity contribution >= 4 is 0 Å². The molecule has 1 aromatic carbocycles. The van der Waals surface area contributed by atoms with Gasteiger partial charge in [-0.05, 0) is 61.5 Å². The molecule has 0 amide bonds. The summed E-state index contributed by atoms with van der Waals surface area (Å²) < 4.78 is 0. The van der Waals surface area contributed by atoms with Crippen LogP contribution in [0, 0.1) is 12.8 Å². The van der Waals surface area contributed by atoms with Crippen molar-refractivity contribution < 1.29 is 0 Å². The second-order valence-corrected chi connectivity index (χ2v) is 5.83. The van der Waals surface area contributed by atoms with Gasteiger partial charge >= 0.3 is 0 Å². The van der Waals surface area contributed by atoms with Crippen molar-refractivity contribution in [3.8, 4) is 0 Å². The van der Waals surface area contributed by atoms with E-state index < -0.39 is 0 Å². The van der Waals surface area contributed by atoms with Crippen molar-refractivity contribution in [1.82, 2.24) is 10.6 Å². The molecule has 1 aliphatic heterocycles. The van der Waals surface area contributed by atoms with Gasteiger partial charge in [0.25, 0.3) is 0 Å². The minimum absolute atomic E-state index is 0.614. The maximum atomic E-state index is 3.61. The van der Waals surface area contributed by atoms with Crippen LogP contribution in [-0.2, 0) is 6.54 Å². The Bertz CT molecular complexity index is 379. The first kappa shape index (κ1) is 13.6. The standard InChI is InChI=1S/C16H26N2/c1-12(2)15-5-4-13(3)16(8-15)11-18-10-14-6-7-17-9-14/h4-5,8,12,14,17-18H,6-7,9-11H2,1-3H3. The summed E-state index contributed by atoms with van der Waals surface area (Å²) in [5.41, 5.74) is 4.29. The molecule has 1 aromatic rings. The summed E-state index contributed by atoms with van der Waals surface area (Å²) in [4.78, 5) is 0. The molecule has 1 unspecified atom stereocenters. The van der Waals surface area contributed by atoms with E-state index in [1.165, 1.54) is 36.2 Å². The van der Waals surface area contributed by atoms with Crippen LogP contribution in [0.5, 0.6) is 0 Å². The van der Waals surface area contributed by atoms with Gasteiger partial charge in [0, 0.05) is 6.54 Å². The van der Waals surface area contributed by atoms with Gasteiger partial charge < -0.3 is 10.6 Å². The van der Waals surface area contributed by atoms with E-state index >= 15 is 0 Å². The monoisotopic (exact) mass is 246 g/mol. The molecule has 0 radical (unpaired) electrons. The molecule has 1 fully saturated rings. The van der Waals surface area contributed by atoms with E-state index in [2.05, 4.69) is 49.6 Å². The van der Waals surface area contributed by atoms with Gasteiger partial charge in [0.05, 0.1) is 0 Å². The molecule has 1 saturated heterocycles. The van der Waals surface area contributed by atoms with Crippen LogP contribution in [0.4, 0.5) is 0 Å². The van der Waals surface area contributed by atoms with E-state index in [0.29, 0.717) is 5.92 Å². The molecule has 1 aliphatic rings. The number of rotatable bonds is 5. The first-order valence-electron chi connectivity index (χ1n) is 7.17. The van der Waals surface area contributed by atoms with Crippen LogP contribution >= 0.6 is 0 Å².